The highest BCUT2D eigenvalue weighted by Crippen LogP contribution is 2.29. The fourth-order valence-corrected chi connectivity index (χ4v) is 4.02. The molecule has 0 radical (unpaired) electrons. The Bertz CT molecular complexity index is 934. The highest BCUT2D eigenvalue weighted by atomic mass is 32.2. The molecule has 0 saturated carbocycles. The van der Waals surface area contributed by atoms with E-state index in [-0.39, 0.29) is 17.7 Å². The van der Waals surface area contributed by atoms with Gasteiger partial charge in [0.05, 0.1) is 11.9 Å². The average Bonchev–Trinajstić information content (AvgIpc) is 3.26. The molecule has 0 atom stereocenters. The van der Waals surface area contributed by atoms with E-state index >= 15 is 0 Å². The van der Waals surface area contributed by atoms with Gasteiger partial charge in [0.2, 0.25) is 11.0 Å². The van der Waals surface area contributed by atoms with Crippen LogP contribution in [0.4, 0.5) is 16.6 Å². The molecule has 0 bridgehead atoms. The smallest absolute Gasteiger partial charge is 0.235 e. The van der Waals surface area contributed by atoms with Crippen molar-refractivity contribution in [3.8, 4) is 0 Å². The number of anilines is 3. The molecule has 0 fully saturated rings. The predicted molar refractivity (Wildman–Crippen MR) is 111 cm³/mol. The molecule has 1 amide bonds. The molecule has 9 heteroatoms. The Hall–Kier alpha value is -2.39. The highest BCUT2D eigenvalue weighted by Gasteiger charge is 2.12. The molecule has 0 spiro atoms. The Labute approximate surface area is 166 Å². The van der Waals surface area contributed by atoms with Crippen molar-refractivity contribution in [2.24, 2.45) is 0 Å². The number of carbonyl (C=O) groups excluding carboxylic acids is 1. The van der Waals surface area contributed by atoms with Crippen LogP contribution in [0.5, 0.6) is 0 Å². The second-order valence-electron chi connectivity index (χ2n) is 6.34. The summed E-state index contributed by atoms with van der Waals surface area (Å²) in [6.45, 7) is 8.18. The predicted octanol–water partition coefficient (Wildman–Crippen LogP) is 4.41. The zero-order valence-electron chi connectivity index (χ0n) is 15.7. The minimum absolute atomic E-state index is 0.0957. The lowest BCUT2D eigenvalue weighted by Gasteiger charge is -2.11. The van der Waals surface area contributed by atoms with Gasteiger partial charge in [0.25, 0.3) is 0 Å². The summed E-state index contributed by atoms with van der Waals surface area (Å²) in [6, 6.07) is 8.07. The first-order valence-corrected chi connectivity index (χ1v) is 10.4. The van der Waals surface area contributed by atoms with Crippen LogP contribution < -0.4 is 10.6 Å². The summed E-state index contributed by atoms with van der Waals surface area (Å²) in [4.78, 5) is 12.2. The van der Waals surface area contributed by atoms with Crippen molar-refractivity contribution >= 4 is 45.6 Å². The molecule has 1 aromatic carbocycles. The molecule has 2 aromatic heterocycles. The summed E-state index contributed by atoms with van der Waals surface area (Å²) in [5.41, 5.74) is 3.42. The molecule has 7 nitrogen and oxygen atoms in total. The molecule has 142 valence electrons. The largest absolute Gasteiger partial charge is 0.330 e. The molecule has 0 unspecified atom stereocenters. The molecular weight excluding hydrogens is 380 g/mol. The SMILES string of the molecule is Cc1cccc(Nc2nnc(SCC(=O)Nc3ccnn3C(C)C)s2)c1C. The van der Waals surface area contributed by atoms with E-state index in [9.17, 15) is 4.79 Å². The maximum Gasteiger partial charge on any atom is 0.235 e. The van der Waals surface area contributed by atoms with Crippen LogP contribution in [-0.2, 0) is 4.79 Å². The van der Waals surface area contributed by atoms with Crippen molar-refractivity contribution in [1.82, 2.24) is 20.0 Å². The minimum Gasteiger partial charge on any atom is -0.330 e. The Morgan fingerprint density at radius 3 is 2.85 bits per heavy atom. The first kappa shape index (κ1) is 19.4. The molecule has 27 heavy (non-hydrogen) atoms. The van der Waals surface area contributed by atoms with Crippen LogP contribution in [0, 0.1) is 13.8 Å². The molecule has 2 heterocycles. The molecule has 0 aliphatic heterocycles. The van der Waals surface area contributed by atoms with E-state index in [0.29, 0.717) is 10.9 Å². The number of aryl methyl sites for hydroxylation is 1. The van der Waals surface area contributed by atoms with Crippen LogP contribution in [0.25, 0.3) is 0 Å². The molecule has 2 N–H and O–H groups in total. The number of hydrogen-bond acceptors (Lipinski definition) is 7. The highest BCUT2D eigenvalue weighted by molar-refractivity contribution is 8.01. The lowest BCUT2D eigenvalue weighted by Crippen LogP contribution is -2.18. The fourth-order valence-electron chi connectivity index (χ4n) is 2.45. The topological polar surface area (TPSA) is 84.7 Å². The van der Waals surface area contributed by atoms with Gasteiger partial charge in [0, 0.05) is 17.8 Å². The molecule has 0 aliphatic rings. The third-order valence-corrected chi connectivity index (χ3v) is 5.98. The Morgan fingerprint density at radius 1 is 1.26 bits per heavy atom. The van der Waals surface area contributed by atoms with E-state index in [1.54, 1.807) is 16.9 Å². The van der Waals surface area contributed by atoms with Crippen LogP contribution >= 0.6 is 23.1 Å². The number of hydrogen-bond donors (Lipinski definition) is 2. The second kappa shape index (κ2) is 8.53. The van der Waals surface area contributed by atoms with Gasteiger partial charge in [-0.3, -0.25) is 4.79 Å². The van der Waals surface area contributed by atoms with Crippen LogP contribution in [-0.4, -0.2) is 31.6 Å². The number of carbonyl (C=O) groups is 1. The number of nitrogens with one attached hydrogen (secondary N) is 2. The molecule has 0 aliphatic carbocycles. The third kappa shape index (κ3) is 4.86. The van der Waals surface area contributed by atoms with Gasteiger partial charge in [0.15, 0.2) is 4.34 Å². The van der Waals surface area contributed by atoms with Crippen molar-refractivity contribution in [3.05, 3.63) is 41.6 Å². The van der Waals surface area contributed by atoms with Crippen LogP contribution in [0.1, 0.15) is 31.0 Å². The molecule has 3 rings (SSSR count). The lowest BCUT2D eigenvalue weighted by molar-refractivity contribution is -0.113. The van der Waals surface area contributed by atoms with Crippen molar-refractivity contribution in [1.29, 1.82) is 0 Å². The average molecular weight is 403 g/mol. The van der Waals surface area contributed by atoms with Gasteiger partial charge in [-0.1, -0.05) is 35.2 Å². The summed E-state index contributed by atoms with van der Waals surface area (Å²) in [7, 11) is 0. The summed E-state index contributed by atoms with van der Waals surface area (Å²) >= 11 is 2.80. The standard InChI is InChI=1S/C18H22N6OS2/c1-11(2)24-15(8-9-19-24)21-16(25)10-26-18-23-22-17(27-18)20-14-7-5-6-12(3)13(14)4/h5-9,11H,10H2,1-4H3,(H,20,22)(H,21,25). The van der Waals surface area contributed by atoms with Gasteiger partial charge in [-0.15, -0.1) is 10.2 Å². The van der Waals surface area contributed by atoms with Crippen molar-refractivity contribution in [3.63, 3.8) is 0 Å². The van der Waals surface area contributed by atoms with Crippen molar-refractivity contribution in [2.45, 2.75) is 38.1 Å². The number of benzene rings is 1. The van der Waals surface area contributed by atoms with Gasteiger partial charge in [0.1, 0.15) is 5.82 Å². The number of aromatic nitrogens is 4. The van der Waals surface area contributed by atoms with Gasteiger partial charge < -0.3 is 10.6 Å². The van der Waals surface area contributed by atoms with Gasteiger partial charge in [-0.2, -0.15) is 5.10 Å². The summed E-state index contributed by atoms with van der Waals surface area (Å²) in [5, 5.41) is 19.4. The number of nitrogens with zero attached hydrogens (tertiary/aromatic N) is 4. The first-order valence-electron chi connectivity index (χ1n) is 8.57. The Kier molecular flexibility index (Phi) is 6.12. The van der Waals surface area contributed by atoms with Crippen molar-refractivity contribution in [2.75, 3.05) is 16.4 Å². The maximum absolute atomic E-state index is 12.2. The fraction of sp³-hybridized carbons (Fsp3) is 0.333. The van der Waals surface area contributed by atoms with Gasteiger partial charge in [-0.25, -0.2) is 4.68 Å². The van der Waals surface area contributed by atoms with E-state index in [4.69, 9.17) is 0 Å². The van der Waals surface area contributed by atoms with Crippen LogP contribution in [0.15, 0.2) is 34.8 Å². The zero-order valence-corrected chi connectivity index (χ0v) is 17.3. The van der Waals surface area contributed by atoms with E-state index in [1.165, 1.54) is 34.2 Å². The first-order chi connectivity index (χ1) is 12.9. The molecule has 3 aromatic rings. The Morgan fingerprint density at radius 2 is 2.07 bits per heavy atom. The lowest BCUT2D eigenvalue weighted by atomic mass is 10.1. The number of rotatable bonds is 7. The monoisotopic (exact) mass is 402 g/mol. The number of amides is 1. The minimum atomic E-state index is -0.0957. The summed E-state index contributed by atoms with van der Waals surface area (Å²) in [6.07, 6.45) is 1.68. The molecular formula is C18H22N6OS2. The van der Waals surface area contributed by atoms with E-state index in [0.717, 1.165) is 10.0 Å². The van der Waals surface area contributed by atoms with E-state index < -0.39 is 0 Å². The van der Waals surface area contributed by atoms with E-state index in [2.05, 4.69) is 45.8 Å². The normalized spacial score (nSPS) is 11.0. The van der Waals surface area contributed by atoms with Crippen LogP contribution in [0.3, 0.4) is 0 Å². The summed E-state index contributed by atoms with van der Waals surface area (Å²) in [5.74, 6) is 0.869. The molecule has 0 saturated heterocycles. The maximum atomic E-state index is 12.2. The van der Waals surface area contributed by atoms with Gasteiger partial charge in [-0.05, 0) is 44.9 Å². The quantitative estimate of drug-likeness (QED) is 0.570. The summed E-state index contributed by atoms with van der Waals surface area (Å²) < 4.78 is 2.52. The van der Waals surface area contributed by atoms with Gasteiger partial charge >= 0.3 is 0 Å². The van der Waals surface area contributed by atoms with Crippen LogP contribution in [0.2, 0.25) is 0 Å². The Balaban J connectivity index is 1.55. The second-order valence-corrected chi connectivity index (χ2v) is 8.54. The zero-order chi connectivity index (χ0) is 19.4. The van der Waals surface area contributed by atoms with Crippen molar-refractivity contribution < 1.29 is 4.79 Å². The number of thioether (sulfide) groups is 1. The van der Waals surface area contributed by atoms with E-state index in [1.807, 2.05) is 26.0 Å². The third-order valence-electron chi connectivity index (χ3n) is 4.01.